The smallest absolute Gasteiger partial charge is 0.255 e. The van der Waals surface area contributed by atoms with Crippen LogP contribution in [0.2, 0.25) is 0 Å². The molecule has 0 saturated heterocycles. The van der Waals surface area contributed by atoms with Gasteiger partial charge in [0.25, 0.3) is 5.56 Å². The van der Waals surface area contributed by atoms with E-state index in [0.717, 1.165) is 16.8 Å². The quantitative estimate of drug-likeness (QED) is 0.753. The van der Waals surface area contributed by atoms with Crippen LogP contribution in [0.1, 0.15) is 22.4 Å². The lowest BCUT2D eigenvalue weighted by molar-refractivity contribution is -0.115. The largest absolute Gasteiger partial charge is 0.326 e. The standard InChI is InChI=1S/C19H19N5O2/c1-11-5-6-15(12(2)9-11)23-16(25)10-14-13(3)22-18(24-19(14)26)17-20-7-4-8-21-17/h4-9H,10H2,1-3H3,(H,23,25)(H,22,24,26). The SMILES string of the molecule is Cc1ccc(NC(=O)Cc2c(C)nc(-c3ncccn3)[nH]c2=O)c(C)c1. The van der Waals surface area contributed by atoms with Crippen molar-refractivity contribution in [2.45, 2.75) is 27.2 Å². The average Bonchev–Trinajstić information content (AvgIpc) is 2.61. The summed E-state index contributed by atoms with van der Waals surface area (Å²) in [7, 11) is 0. The Morgan fingerprint density at radius 3 is 2.54 bits per heavy atom. The predicted octanol–water partition coefficient (Wildman–Crippen LogP) is 2.33. The third-order valence-electron chi connectivity index (χ3n) is 3.99. The van der Waals surface area contributed by atoms with E-state index in [1.807, 2.05) is 32.0 Å². The fourth-order valence-electron chi connectivity index (χ4n) is 2.65. The molecule has 0 unspecified atom stereocenters. The fourth-order valence-corrected chi connectivity index (χ4v) is 2.65. The van der Waals surface area contributed by atoms with Gasteiger partial charge >= 0.3 is 0 Å². The number of hydrogen-bond acceptors (Lipinski definition) is 5. The summed E-state index contributed by atoms with van der Waals surface area (Å²) >= 11 is 0. The summed E-state index contributed by atoms with van der Waals surface area (Å²) in [5.74, 6) is 0.349. The van der Waals surface area contributed by atoms with Crippen LogP contribution in [-0.4, -0.2) is 25.8 Å². The first-order valence-corrected chi connectivity index (χ1v) is 8.18. The lowest BCUT2D eigenvalue weighted by Gasteiger charge is -2.10. The Morgan fingerprint density at radius 2 is 1.88 bits per heavy atom. The van der Waals surface area contributed by atoms with Gasteiger partial charge in [0, 0.05) is 29.3 Å². The molecule has 0 aliphatic heterocycles. The number of benzene rings is 1. The van der Waals surface area contributed by atoms with E-state index in [2.05, 4.69) is 25.3 Å². The molecule has 3 rings (SSSR count). The van der Waals surface area contributed by atoms with Crippen LogP contribution in [0.5, 0.6) is 0 Å². The van der Waals surface area contributed by atoms with Gasteiger partial charge in [0.05, 0.1) is 6.42 Å². The van der Waals surface area contributed by atoms with Gasteiger partial charge in [-0.3, -0.25) is 9.59 Å². The lowest BCUT2D eigenvalue weighted by atomic mass is 10.1. The Hall–Kier alpha value is -3.35. The number of aromatic amines is 1. The number of hydrogen-bond donors (Lipinski definition) is 2. The number of aryl methyl sites for hydroxylation is 3. The summed E-state index contributed by atoms with van der Waals surface area (Å²) < 4.78 is 0. The maximum absolute atomic E-state index is 12.4. The number of nitrogens with zero attached hydrogens (tertiary/aromatic N) is 3. The molecule has 2 aromatic heterocycles. The number of anilines is 1. The lowest BCUT2D eigenvalue weighted by Crippen LogP contribution is -2.24. The van der Waals surface area contributed by atoms with Crippen LogP contribution in [0.15, 0.2) is 41.5 Å². The molecule has 0 saturated carbocycles. The van der Waals surface area contributed by atoms with E-state index >= 15 is 0 Å². The number of aromatic nitrogens is 4. The Morgan fingerprint density at radius 1 is 1.15 bits per heavy atom. The van der Waals surface area contributed by atoms with Crippen molar-refractivity contribution in [1.29, 1.82) is 0 Å². The van der Waals surface area contributed by atoms with Gasteiger partial charge in [-0.1, -0.05) is 17.7 Å². The summed E-state index contributed by atoms with van der Waals surface area (Å²) in [5, 5.41) is 2.84. The molecule has 26 heavy (non-hydrogen) atoms. The van der Waals surface area contributed by atoms with Gasteiger partial charge in [0.1, 0.15) is 0 Å². The van der Waals surface area contributed by atoms with Crippen LogP contribution >= 0.6 is 0 Å². The van der Waals surface area contributed by atoms with E-state index in [4.69, 9.17) is 0 Å². The molecule has 0 atom stereocenters. The highest BCUT2D eigenvalue weighted by Gasteiger charge is 2.15. The van der Waals surface area contributed by atoms with Gasteiger partial charge in [-0.05, 0) is 38.5 Å². The molecular weight excluding hydrogens is 330 g/mol. The minimum Gasteiger partial charge on any atom is -0.326 e. The van der Waals surface area contributed by atoms with Crippen molar-refractivity contribution in [3.63, 3.8) is 0 Å². The number of nitrogens with one attached hydrogen (secondary N) is 2. The van der Waals surface area contributed by atoms with Crippen molar-refractivity contribution < 1.29 is 4.79 Å². The summed E-state index contributed by atoms with van der Waals surface area (Å²) in [4.78, 5) is 39.9. The third-order valence-corrected chi connectivity index (χ3v) is 3.99. The molecule has 0 radical (unpaired) electrons. The van der Waals surface area contributed by atoms with E-state index in [0.29, 0.717) is 17.1 Å². The third kappa shape index (κ3) is 3.83. The fraction of sp³-hybridized carbons (Fsp3) is 0.211. The monoisotopic (exact) mass is 349 g/mol. The summed E-state index contributed by atoms with van der Waals surface area (Å²) in [6.07, 6.45) is 3.09. The number of rotatable bonds is 4. The van der Waals surface area contributed by atoms with E-state index in [1.165, 1.54) is 0 Å². The van der Waals surface area contributed by atoms with Crippen LogP contribution in [-0.2, 0) is 11.2 Å². The molecule has 1 amide bonds. The maximum Gasteiger partial charge on any atom is 0.255 e. The summed E-state index contributed by atoms with van der Waals surface area (Å²) in [6, 6.07) is 7.45. The van der Waals surface area contributed by atoms with Crippen LogP contribution in [0.25, 0.3) is 11.6 Å². The second kappa shape index (κ2) is 7.26. The van der Waals surface area contributed by atoms with Gasteiger partial charge in [-0.15, -0.1) is 0 Å². The molecule has 0 fully saturated rings. The Bertz CT molecular complexity index is 1010. The van der Waals surface area contributed by atoms with Crippen molar-refractivity contribution in [2.75, 3.05) is 5.32 Å². The first kappa shape index (κ1) is 17.5. The van der Waals surface area contributed by atoms with Crippen LogP contribution < -0.4 is 10.9 Å². The molecular formula is C19H19N5O2. The van der Waals surface area contributed by atoms with Crippen LogP contribution in [0.4, 0.5) is 5.69 Å². The van der Waals surface area contributed by atoms with Gasteiger partial charge < -0.3 is 10.3 Å². The minimum atomic E-state index is -0.365. The minimum absolute atomic E-state index is 0.0581. The zero-order valence-electron chi connectivity index (χ0n) is 14.8. The van der Waals surface area contributed by atoms with E-state index in [1.54, 1.807) is 25.4 Å². The molecule has 7 heteroatoms. The molecule has 2 heterocycles. The maximum atomic E-state index is 12.4. The van der Waals surface area contributed by atoms with Crippen molar-refractivity contribution in [3.05, 3.63) is 69.4 Å². The predicted molar refractivity (Wildman–Crippen MR) is 98.9 cm³/mol. The Kier molecular flexibility index (Phi) is 4.88. The Balaban J connectivity index is 1.81. The van der Waals surface area contributed by atoms with Crippen LogP contribution in [0, 0.1) is 20.8 Å². The molecule has 0 spiro atoms. The zero-order valence-corrected chi connectivity index (χ0v) is 14.8. The highest BCUT2D eigenvalue weighted by molar-refractivity contribution is 5.93. The molecule has 7 nitrogen and oxygen atoms in total. The number of amides is 1. The zero-order chi connectivity index (χ0) is 18.7. The molecule has 3 aromatic rings. The first-order chi connectivity index (χ1) is 12.4. The van der Waals surface area contributed by atoms with Gasteiger partial charge in [0.2, 0.25) is 5.91 Å². The molecule has 1 aromatic carbocycles. The van der Waals surface area contributed by atoms with E-state index in [-0.39, 0.29) is 23.7 Å². The van der Waals surface area contributed by atoms with Gasteiger partial charge in [-0.25, -0.2) is 15.0 Å². The number of H-pyrrole nitrogens is 1. The Labute approximate surface area is 150 Å². The second-order valence-electron chi connectivity index (χ2n) is 6.09. The van der Waals surface area contributed by atoms with Gasteiger partial charge in [-0.2, -0.15) is 0 Å². The van der Waals surface area contributed by atoms with Crippen molar-refractivity contribution in [2.24, 2.45) is 0 Å². The van der Waals surface area contributed by atoms with Crippen molar-refractivity contribution >= 4 is 11.6 Å². The molecule has 0 aliphatic rings. The van der Waals surface area contributed by atoms with Gasteiger partial charge in [0.15, 0.2) is 11.6 Å². The number of carbonyl (C=O) groups excluding carboxylic acids is 1. The van der Waals surface area contributed by atoms with Crippen LogP contribution in [0.3, 0.4) is 0 Å². The summed E-state index contributed by atoms with van der Waals surface area (Å²) in [5.41, 5.74) is 3.26. The molecule has 2 N–H and O–H groups in total. The molecule has 0 bridgehead atoms. The topological polar surface area (TPSA) is 101 Å². The highest BCUT2D eigenvalue weighted by Crippen LogP contribution is 2.16. The van der Waals surface area contributed by atoms with Crippen molar-refractivity contribution in [1.82, 2.24) is 19.9 Å². The summed E-state index contributed by atoms with van der Waals surface area (Å²) in [6.45, 7) is 5.61. The van der Waals surface area contributed by atoms with Crippen molar-refractivity contribution in [3.8, 4) is 11.6 Å². The normalized spacial score (nSPS) is 10.6. The molecule has 0 aliphatic carbocycles. The number of carbonyl (C=O) groups is 1. The van der Waals surface area contributed by atoms with E-state index < -0.39 is 0 Å². The van der Waals surface area contributed by atoms with E-state index in [9.17, 15) is 9.59 Å². The molecule has 132 valence electrons. The second-order valence-corrected chi connectivity index (χ2v) is 6.09. The average molecular weight is 349 g/mol. The first-order valence-electron chi connectivity index (χ1n) is 8.18. The highest BCUT2D eigenvalue weighted by atomic mass is 16.2.